The third-order valence-electron chi connectivity index (χ3n) is 4.30. The minimum Gasteiger partial charge on any atom is -0.361 e. The number of fused-ring (bicyclic) bond motifs is 1. The summed E-state index contributed by atoms with van der Waals surface area (Å²) >= 11 is 0. The first-order valence-electron chi connectivity index (χ1n) is 9.05. The standard InChI is InChI=1S/C23H26N2O/c1-23(2,3)14-12-17-8-10-18(11-9-17)22(26)24-15-13-19-16-25-21-7-5-4-6-20(19)21/h4-12,14,16,25H,13,15H2,1-3H3,(H,24,26)/b14-12+. The van der Waals surface area contributed by atoms with Gasteiger partial charge in [0.15, 0.2) is 0 Å². The molecule has 2 aromatic carbocycles. The van der Waals surface area contributed by atoms with E-state index in [-0.39, 0.29) is 11.3 Å². The lowest BCUT2D eigenvalue weighted by Gasteiger charge is -2.11. The molecule has 0 fully saturated rings. The number of allylic oxidation sites excluding steroid dienone is 1. The molecule has 3 nitrogen and oxygen atoms in total. The molecule has 0 aliphatic heterocycles. The van der Waals surface area contributed by atoms with E-state index in [9.17, 15) is 4.79 Å². The molecule has 3 heteroatoms. The van der Waals surface area contributed by atoms with Crippen molar-refractivity contribution in [1.29, 1.82) is 0 Å². The molecule has 26 heavy (non-hydrogen) atoms. The fourth-order valence-corrected chi connectivity index (χ4v) is 2.84. The van der Waals surface area contributed by atoms with Crippen molar-refractivity contribution in [3.8, 4) is 0 Å². The molecule has 0 atom stereocenters. The zero-order valence-electron chi connectivity index (χ0n) is 15.7. The smallest absolute Gasteiger partial charge is 0.251 e. The zero-order valence-corrected chi connectivity index (χ0v) is 15.7. The molecule has 3 rings (SSSR count). The van der Waals surface area contributed by atoms with Crippen molar-refractivity contribution in [2.24, 2.45) is 5.41 Å². The van der Waals surface area contributed by atoms with Crippen LogP contribution in [0.25, 0.3) is 17.0 Å². The highest BCUT2D eigenvalue weighted by Crippen LogP contribution is 2.18. The van der Waals surface area contributed by atoms with Gasteiger partial charge in [-0.3, -0.25) is 4.79 Å². The minimum absolute atomic E-state index is 0.0313. The number of benzene rings is 2. The van der Waals surface area contributed by atoms with Crippen molar-refractivity contribution < 1.29 is 4.79 Å². The topological polar surface area (TPSA) is 44.9 Å². The summed E-state index contributed by atoms with van der Waals surface area (Å²) in [5.41, 5.74) is 4.31. The number of nitrogens with one attached hydrogen (secondary N) is 2. The van der Waals surface area contributed by atoms with Gasteiger partial charge in [-0.15, -0.1) is 0 Å². The summed E-state index contributed by atoms with van der Waals surface area (Å²) in [5, 5.41) is 4.23. The fraction of sp³-hybridized carbons (Fsp3) is 0.261. The summed E-state index contributed by atoms with van der Waals surface area (Å²) in [6.07, 6.45) is 7.09. The van der Waals surface area contributed by atoms with Crippen molar-refractivity contribution in [2.75, 3.05) is 6.54 Å². The van der Waals surface area contributed by atoms with Gasteiger partial charge in [0, 0.05) is 29.2 Å². The molecule has 1 amide bonds. The van der Waals surface area contributed by atoms with Crippen molar-refractivity contribution in [3.63, 3.8) is 0 Å². The molecule has 0 aliphatic carbocycles. The Bertz CT molecular complexity index is 911. The number of hydrogen-bond donors (Lipinski definition) is 2. The van der Waals surface area contributed by atoms with Crippen LogP contribution in [0.1, 0.15) is 42.3 Å². The molecule has 1 heterocycles. The second-order valence-corrected chi connectivity index (χ2v) is 7.69. The minimum atomic E-state index is -0.0313. The fourth-order valence-electron chi connectivity index (χ4n) is 2.84. The van der Waals surface area contributed by atoms with Gasteiger partial charge in [-0.1, -0.05) is 63.3 Å². The van der Waals surface area contributed by atoms with Gasteiger partial charge in [-0.2, -0.15) is 0 Å². The largest absolute Gasteiger partial charge is 0.361 e. The predicted octanol–water partition coefficient (Wildman–Crippen LogP) is 5.20. The average molecular weight is 346 g/mol. The average Bonchev–Trinajstić information content (AvgIpc) is 3.03. The van der Waals surface area contributed by atoms with Crippen LogP contribution in [0.2, 0.25) is 0 Å². The number of carbonyl (C=O) groups is 1. The summed E-state index contributed by atoms with van der Waals surface area (Å²) in [4.78, 5) is 15.6. The lowest BCUT2D eigenvalue weighted by Crippen LogP contribution is -2.25. The number of aromatic amines is 1. The molecule has 134 valence electrons. The van der Waals surface area contributed by atoms with Gasteiger partial charge in [0.05, 0.1) is 0 Å². The van der Waals surface area contributed by atoms with Crippen LogP contribution in [-0.2, 0) is 6.42 Å². The lowest BCUT2D eigenvalue weighted by molar-refractivity contribution is 0.0954. The molecule has 0 radical (unpaired) electrons. The van der Waals surface area contributed by atoms with Crippen LogP contribution in [0.15, 0.2) is 60.8 Å². The van der Waals surface area contributed by atoms with E-state index >= 15 is 0 Å². The molecule has 0 unspecified atom stereocenters. The van der Waals surface area contributed by atoms with Gasteiger partial charge in [0.2, 0.25) is 0 Å². The van der Waals surface area contributed by atoms with Crippen LogP contribution in [0.5, 0.6) is 0 Å². The maximum absolute atomic E-state index is 12.3. The number of carbonyl (C=O) groups excluding carboxylic acids is 1. The number of aromatic nitrogens is 1. The Morgan fingerprint density at radius 3 is 2.54 bits per heavy atom. The Labute approximate surface area is 155 Å². The first-order valence-corrected chi connectivity index (χ1v) is 9.05. The maximum Gasteiger partial charge on any atom is 0.251 e. The number of amides is 1. The van der Waals surface area contributed by atoms with E-state index in [1.54, 1.807) is 0 Å². The summed E-state index contributed by atoms with van der Waals surface area (Å²) in [7, 11) is 0. The Kier molecular flexibility index (Phi) is 5.27. The Hall–Kier alpha value is -2.81. The lowest BCUT2D eigenvalue weighted by atomic mass is 9.95. The van der Waals surface area contributed by atoms with E-state index in [2.05, 4.69) is 55.4 Å². The SMILES string of the molecule is CC(C)(C)/C=C/c1ccc(C(=O)NCCc2c[nH]c3ccccc23)cc1. The predicted molar refractivity (Wildman–Crippen MR) is 109 cm³/mol. The first kappa shape index (κ1) is 18.0. The van der Waals surface area contributed by atoms with E-state index in [0.29, 0.717) is 12.1 Å². The van der Waals surface area contributed by atoms with E-state index in [4.69, 9.17) is 0 Å². The van der Waals surface area contributed by atoms with E-state index in [0.717, 1.165) is 17.5 Å². The molecular weight excluding hydrogens is 320 g/mol. The van der Waals surface area contributed by atoms with Gasteiger partial charge >= 0.3 is 0 Å². The van der Waals surface area contributed by atoms with Crippen molar-refractivity contribution in [1.82, 2.24) is 10.3 Å². The Balaban J connectivity index is 1.56. The number of hydrogen-bond acceptors (Lipinski definition) is 1. The van der Waals surface area contributed by atoms with Gasteiger partial charge in [0.1, 0.15) is 0 Å². The van der Waals surface area contributed by atoms with Crippen LogP contribution in [0.3, 0.4) is 0 Å². The molecule has 0 spiro atoms. The number of rotatable bonds is 5. The van der Waals surface area contributed by atoms with E-state index in [1.165, 1.54) is 10.9 Å². The summed E-state index contributed by atoms with van der Waals surface area (Å²) in [6, 6.07) is 15.9. The van der Waals surface area contributed by atoms with E-state index < -0.39 is 0 Å². The van der Waals surface area contributed by atoms with Gasteiger partial charge in [-0.05, 0) is 41.2 Å². The molecule has 0 saturated carbocycles. The van der Waals surface area contributed by atoms with Crippen LogP contribution in [0.4, 0.5) is 0 Å². The Morgan fingerprint density at radius 2 is 1.81 bits per heavy atom. The summed E-state index contributed by atoms with van der Waals surface area (Å²) in [6.45, 7) is 7.11. The highest BCUT2D eigenvalue weighted by molar-refractivity contribution is 5.94. The van der Waals surface area contributed by atoms with Gasteiger partial charge in [-0.25, -0.2) is 0 Å². The normalized spacial score (nSPS) is 12.0. The maximum atomic E-state index is 12.3. The monoisotopic (exact) mass is 346 g/mol. The van der Waals surface area contributed by atoms with Crippen LogP contribution in [0, 0.1) is 5.41 Å². The third kappa shape index (κ3) is 4.63. The first-order chi connectivity index (χ1) is 12.4. The number of H-pyrrole nitrogens is 1. The summed E-state index contributed by atoms with van der Waals surface area (Å²) in [5.74, 6) is -0.0313. The zero-order chi connectivity index (χ0) is 18.6. The van der Waals surface area contributed by atoms with Crippen molar-refractivity contribution >= 4 is 22.9 Å². The van der Waals surface area contributed by atoms with Crippen LogP contribution in [-0.4, -0.2) is 17.4 Å². The summed E-state index contributed by atoms with van der Waals surface area (Å²) < 4.78 is 0. The molecular formula is C23H26N2O. The Morgan fingerprint density at radius 1 is 1.08 bits per heavy atom. The molecule has 3 aromatic rings. The second-order valence-electron chi connectivity index (χ2n) is 7.69. The molecule has 0 bridgehead atoms. The number of para-hydroxylation sites is 1. The molecule has 2 N–H and O–H groups in total. The molecule has 0 aliphatic rings. The van der Waals surface area contributed by atoms with Gasteiger partial charge in [0.25, 0.3) is 5.91 Å². The highest BCUT2D eigenvalue weighted by atomic mass is 16.1. The second kappa shape index (κ2) is 7.61. The van der Waals surface area contributed by atoms with Crippen molar-refractivity contribution in [2.45, 2.75) is 27.2 Å². The van der Waals surface area contributed by atoms with Gasteiger partial charge < -0.3 is 10.3 Å². The van der Waals surface area contributed by atoms with Crippen LogP contribution < -0.4 is 5.32 Å². The van der Waals surface area contributed by atoms with E-state index in [1.807, 2.05) is 42.6 Å². The third-order valence-corrected chi connectivity index (χ3v) is 4.30. The quantitative estimate of drug-likeness (QED) is 0.655. The molecule has 0 saturated heterocycles. The van der Waals surface area contributed by atoms with Crippen LogP contribution >= 0.6 is 0 Å². The highest BCUT2D eigenvalue weighted by Gasteiger charge is 2.07. The van der Waals surface area contributed by atoms with Crippen molar-refractivity contribution in [3.05, 3.63) is 77.5 Å². The molecule has 1 aromatic heterocycles.